The molecule has 18 heavy (non-hydrogen) atoms. The lowest BCUT2D eigenvalue weighted by Crippen LogP contribution is -2.32. The monoisotopic (exact) mass is 271 g/mol. The maximum Gasteiger partial charge on any atom is 0.245 e. The second-order valence-electron chi connectivity index (χ2n) is 3.59. The van der Waals surface area contributed by atoms with E-state index in [9.17, 15) is 12.8 Å². The van der Waals surface area contributed by atoms with Crippen LogP contribution in [0.5, 0.6) is 0 Å². The topological polar surface area (TPSA) is 87.2 Å². The summed E-state index contributed by atoms with van der Waals surface area (Å²) in [5.41, 5.74) is 5.38. The maximum absolute atomic E-state index is 12.9. The first-order chi connectivity index (χ1) is 8.43. The van der Waals surface area contributed by atoms with E-state index in [0.29, 0.717) is 0 Å². The molecule has 0 spiro atoms. The standard InChI is InChI=1S/C11H14FN3O2S/c1-2-15(7-3-6-13)18(16,17)11-5-4-9(12)8-10(11)14/h4-5,8H,2-3,7,14H2,1H3. The second kappa shape index (κ2) is 5.80. The largest absolute Gasteiger partial charge is 0.398 e. The normalized spacial score (nSPS) is 11.4. The molecule has 0 fully saturated rings. The summed E-state index contributed by atoms with van der Waals surface area (Å²) in [7, 11) is -3.78. The van der Waals surface area contributed by atoms with Gasteiger partial charge in [0.25, 0.3) is 0 Å². The summed E-state index contributed by atoms with van der Waals surface area (Å²) in [6.07, 6.45) is 0.0914. The number of nitrogens with zero attached hydrogens (tertiary/aromatic N) is 2. The highest BCUT2D eigenvalue weighted by Gasteiger charge is 2.25. The third kappa shape index (κ3) is 2.97. The Morgan fingerprint density at radius 3 is 2.67 bits per heavy atom. The highest BCUT2D eigenvalue weighted by atomic mass is 32.2. The Labute approximate surface area is 106 Å². The molecule has 7 heteroatoms. The van der Waals surface area contributed by atoms with E-state index in [0.717, 1.165) is 22.5 Å². The summed E-state index contributed by atoms with van der Waals surface area (Å²) in [4.78, 5) is -0.135. The second-order valence-corrected chi connectivity index (χ2v) is 5.49. The number of halogens is 1. The molecule has 1 rings (SSSR count). The highest BCUT2D eigenvalue weighted by Crippen LogP contribution is 2.23. The van der Waals surface area contributed by atoms with Gasteiger partial charge in [0.1, 0.15) is 10.7 Å². The Morgan fingerprint density at radius 1 is 1.50 bits per heavy atom. The van der Waals surface area contributed by atoms with Crippen molar-refractivity contribution < 1.29 is 12.8 Å². The fraction of sp³-hybridized carbons (Fsp3) is 0.364. The highest BCUT2D eigenvalue weighted by molar-refractivity contribution is 7.89. The minimum atomic E-state index is -3.78. The van der Waals surface area contributed by atoms with E-state index in [4.69, 9.17) is 11.0 Å². The number of sulfonamides is 1. The Morgan fingerprint density at radius 2 is 2.17 bits per heavy atom. The van der Waals surface area contributed by atoms with Crippen molar-refractivity contribution in [3.63, 3.8) is 0 Å². The first kappa shape index (κ1) is 14.4. The zero-order chi connectivity index (χ0) is 13.8. The summed E-state index contributed by atoms with van der Waals surface area (Å²) < 4.78 is 38.5. The van der Waals surface area contributed by atoms with Crippen LogP contribution in [0.2, 0.25) is 0 Å². The fourth-order valence-corrected chi connectivity index (χ4v) is 3.06. The number of anilines is 1. The van der Waals surface area contributed by atoms with Crippen molar-refractivity contribution >= 4 is 15.7 Å². The Bertz CT molecular complexity index is 566. The Balaban J connectivity index is 3.15. The van der Waals surface area contributed by atoms with Gasteiger partial charge in [-0.05, 0) is 18.2 Å². The molecule has 0 bridgehead atoms. The van der Waals surface area contributed by atoms with Crippen molar-refractivity contribution in [2.24, 2.45) is 0 Å². The molecule has 1 aromatic carbocycles. The smallest absolute Gasteiger partial charge is 0.245 e. The average molecular weight is 271 g/mol. The molecule has 0 saturated heterocycles. The molecular weight excluding hydrogens is 257 g/mol. The molecular formula is C11H14FN3O2S. The van der Waals surface area contributed by atoms with E-state index < -0.39 is 15.8 Å². The number of benzene rings is 1. The van der Waals surface area contributed by atoms with E-state index in [1.165, 1.54) is 0 Å². The van der Waals surface area contributed by atoms with E-state index >= 15 is 0 Å². The van der Waals surface area contributed by atoms with Crippen molar-refractivity contribution in [2.45, 2.75) is 18.2 Å². The number of hydrogen-bond acceptors (Lipinski definition) is 4. The molecule has 0 heterocycles. The van der Waals surface area contributed by atoms with Gasteiger partial charge in [-0.1, -0.05) is 6.92 Å². The van der Waals surface area contributed by atoms with E-state index in [1.807, 2.05) is 6.07 Å². The first-order valence-electron chi connectivity index (χ1n) is 5.35. The molecule has 0 aliphatic heterocycles. The van der Waals surface area contributed by atoms with Gasteiger partial charge in [-0.2, -0.15) is 9.57 Å². The van der Waals surface area contributed by atoms with Crippen molar-refractivity contribution in [3.8, 4) is 6.07 Å². The minimum Gasteiger partial charge on any atom is -0.398 e. The van der Waals surface area contributed by atoms with E-state index in [-0.39, 0.29) is 30.1 Å². The minimum absolute atomic E-state index is 0.0894. The lowest BCUT2D eigenvalue weighted by atomic mass is 10.3. The van der Waals surface area contributed by atoms with Gasteiger partial charge in [-0.15, -0.1) is 0 Å². The zero-order valence-corrected chi connectivity index (χ0v) is 10.7. The summed E-state index contributed by atoms with van der Waals surface area (Å²) in [6.45, 7) is 1.97. The maximum atomic E-state index is 12.9. The molecule has 0 unspecified atom stereocenters. The molecule has 5 nitrogen and oxygen atoms in total. The van der Waals surface area contributed by atoms with Gasteiger partial charge in [0.15, 0.2) is 0 Å². The molecule has 0 saturated carbocycles. The van der Waals surface area contributed by atoms with Crippen LogP contribution in [0, 0.1) is 17.1 Å². The van der Waals surface area contributed by atoms with Gasteiger partial charge < -0.3 is 5.73 Å². The predicted octanol–water partition coefficient (Wildman–Crippen LogP) is 1.33. The van der Waals surface area contributed by atoms with Crippen molar-refractivity contribution in [1.82, 2.24) is 4.31 Å². The third-order valence-electron chi connectivity index (χ3n) is 2.42. The zero-order valence-electron chi connectivity index (χ0n) is 9.93. The molecule has 0 atom stereocenters. The van der Waals surface area contributed by atoms with Crippen molar-refractivity contribution in [3.05, 3.63) is 24.0 Å². The average Bonchev–Trinajstić information content (AvgIpc) is 2.29. The van der Waals surface area contributed by atoms with Gasteiger partial charge >= 0.3 is 0 Å². The van der Waals surface area contributed by atoms with E-state index in [2.05, 4.69) is 0 Å². The van der Waals surface area contributed by atoms with Gasteiger partial charge in [0.2, 0.25) is 10.0 Å². The van der Waals surface area contributed by atoms with Crippen molar-refractivity contribution in [1.29, 1.82) is 5.26 Å². The summed E-state index contributed by atoms with van der Waals surface area (Å²) in [5, 5.41) is 8.49. The molecule has 1 aromatic rings. The van der Waals surface area contributed by atoms with Crippen LogP contribution in [-0.2, 0) is 10.0 Å². The molecule has 0 aliphatic rings. The van der Waals surface area contributed by atoms with Crippen LogP contribution >= 0.6 is 0 Å². The van der Waals surface area contributed by atoms with Crippen LogP contribution in [0.15, 0.2) is 23.1 Å². The number of hydrogen-bond donors (Lipinski definition) is 1. The SMILES string of the molecule is CCN(CCC#N)S(=O)(=O)c1ccc(F)cc1N. The fourth-order valence-electron chi connectivity index (χ4n) is 1.52. The van der Waals surface area contributed by atoms with Crippen molar-refractivity contribution in [2.75, 3.05) is 18.8 Å². The lowest BCUT2D eigenvalue weighted by molar-refractivity contribution is 0.435. The van der Waals surface area contributed by atoms with Crippen LogP contribution in [0.4, 0.5) is 10.1 Å². The van der Waals surface area contributed by atoms with Gasteiger partial charge in [-0.3, -0.25) is 0 Å². The Kier molecular flexibility index (Phi) is 4.64. The Hall–Kier alpha value is -1.65. The molecule has 0 radical (unpaired) electrons. The van der Waals surface area contributed by atoms with Crippen LogP contribution < -0.4 is 5.73 Å². The number of nitrogens with two attached hydrogens (primary N) is 1. The third-order valence-corrected chi connectivity index (χ3v) is 4.46. The van der Waals surface area contributed by atoms with Crippen LogP contribution in [0.3, 0.4) is 0 Å². The molecule has 98 valence electrons. The molecule has 0 aliphatic carbocycles. The molecule has 0 aromatic heterocycles. The van der Waals surface area contributed by atoms with Gasteiger partial charge in [0, 0.05) is 19.5 Å². The van der Waals surface area contributed by atoms with Crippen LogP contribution in [0.1, 0.15) is 13.3 Å². The summed E-state index contributed by atoms with van der Waals surface area (Å²) in [6, 6.07) is 5.02. The van der Waals surface area contributed by atoms with Gasteiger partial charge in [0.05, 0.1) is 11.8 Å². The summed E-state index contributed by atoms with van der Waals surface area (Å²) in [5.74, 6) is -0.591. The lowest BCUT2D eigenvalue weighted by Gasteiger charge is -2.20. The quantitative estimate of drug-likeness (QED) is 0.818. The predicted molar refractivity (Wildman–Crippen MR) is 65.5 cm³/mol. The van der Waals surface area contributed by atoms with E-state index in [1.54, 1.807) is 6.92 Å². The number of nitrogen functional groups attached to an aromatic ring is 1. The molecule has 0 amide bonds. The van der Waals surface area contributed by atoms with Crippen LogP contribution in [-0.4, -0.2) is 25.8 Å². The number of rotatable bonds is 5. The number of nitriles is 1. The first-order valence-corrected chi connectivity index (χ1v) is 6.79. The van der Waals surface area contributed by atoms with Gasteiger partial charge in [-0.25, -0.2) is 12.8 Å². The van der Waals surface area contributed by atoms with Crippen LogP contribution in [0.25, 0.3) is 0 Å². The molecule has 2 N–H and O–H groups in total. The summed E-state index contributed by atoms with van der Waals surface area (Å²) >= 11 is 0.